The summed E-state index contributed by atoms with van der Waals surface area (Å²) in [5, 5.41) is 21.9. The van der Waals surface area contributed by atoms with Crippen LogP contribution in [0.3, 0.4) is 0 Å². The molecule has 6 rings (SSSR count). The summed E-state index contributed by atoms with van der Waals surface area (Å²) in [4.78, 5) is 15.6. The maximum absolute atomic E-state index is 13.0. The first-order valence-electron chi connectivity index (χ1n) is 15.8. The fourth-order valence-electron chi connectivity index (χ4n) is 6.81. The first kappa shape index (κ1) is 30.3. The van der Waals surface area contributed by atoms with Crippen molar-refractivity contribution in [3.63, 3.8) is 0 Å². The van der Waals surface area contributed by atoms with Gasteiger partial charge in [-0.15, -0.1) is 0 Å². The summed E-state index contributed by atoms with van der Waals surface area (Å²) in [7, 11) is -1.31. The lowest BCUT2D eigenvalue weighted by Crippen LogP contribution is -2.60. The summed E-state index contributed by atoms with van der Waals surface area (Å²) >= 11 is 0. The van der Waals surface area contributed by atoms with Gasteiger partial charge in [0.05, 0.1) is 0 Å². The molecular formula is C37H41BN2O4. The first-order valence-corrected chi connectivity index (χ1v) is 15.8. The molecule has 0 aromatic heterocycles. The Balaban J connectivity index is 1.17. The lowest BCUT2D eigenvalue weighted by molar-refractivity contribution is -0.147. The van der Waals surface area contributed by atoms with Gasteiger partial charge in [-0.3, -0.25) is 10.2 Å². The van der Waals surface area contributed by atoms with Crippen LogP contribution in [0.1, 0.15) is 43.2 Å². The fraction of sp³-hybridized carbons (Fsp3) is 0.324. The molecule has 1 atom stereocenters. The third kappa shape index (κ3) is 6.97. The number of unbranched alkanes of at least 4 members (excludes halogenated alkanes) is 1. The maximum atomic E-state index is 13.0. The second-order valence-corrected chi connectivity index (χ2v) is 12.3. The summed E-state index contributed by atoms with van der Waals surface area (Å²) < 4.78 is 5.42. The Hall–Kier alpha value is -3.75. The molecule has 1 saturated heterocycles. The average Bonchev–Trinajstić information content (AvgIpc) is 3.40. The van der Waals surface area contributed by atoms with E-state index in [9.17, 15) is 14.8 Å². The molecule has 2 fully saturated rings. The third-order valence-electron chi connectivity index (χ3n) is 9.46. The van der Waals surface area contributed by atoms with Gasteiger partial charge in [0.15, 0.2) is 0 Å². The molecular weight excluding hydrogens is 547 g/mol. The number of rotatable bonds is 13. The van der Waals surface area contributed by atoms with Gasteiger partial charge in [0, 0.05) is 19.1 Å². The second kappa shape index (κ2) is 13.9. The van der Waals surface area contributed by atoms with E-state index in [4.69, 9.17) is 4.74 Å². The van der Waals surface area contributed by atoms with Gasteiger partial charge in [0.25, 0.3) is 0 Å². The van der Waals surface area contributed by atoms with E-state index in [0.717, 1.165) is 32.4 Å². The number of hydrogen-bond acceptors (Lipinski definition) is 6. The zero-order chi connectivity index (χ0) is 30.4. The number of ether oxygens (including phenoxy) is 1. The molecule has 0 amide bonds. The van der Waals surface area contributed by atoms with Crippen LogP contribution >= 0.6 is 0 Å². The highest BCUT2D eigenvalue weighted by Gasteiger charge is 2.55. The Morgan fingerprint density at radius 2 is 1.23 bits per heavy atom. The van der Waals surface area contributed by atoms with Gasteiger partial charge in [-0.2, -0.15) is 0 Å². The standard InChI is InChI=1S/C37H41BN2O4/c41-36-37(39-27-44-36,21-7-8-22-38(42)43)34-23-35(24-34)40(25-28-13-17-32(18-14-28)30-9-3-1-4-10-30)26-29-15-19-33(20-16-29)31-11-5-2-6-12-31/h1-6,9-20,34-35,39,42-43H,7-8,21-27H2. The van der Waals surface area contributed by atoms with Gasteiger partial charge in [-0.05, 0) is 64.9 Å². The van der Waals surface area contributed by atoms with E-state index in [-0.39, 0.29) is 18.6 Å². The number of cyclic esters (lactones) is 1. The quantitative estimate of drug-likeness (QED) is 0.0969. The topological polar surface area (TPSA) is 82.0 Å². The minimum Gasteiger partial charge on any atom is -0.448 e. The van der Waals surface area contributed by atoms with Crippen LogP contribution < -0.4 is 5.32 Å². The molecule has 3 N–H and O–H groups in total. The number of hydrogen-bond donors (Lipinski definition) is 3. The highest BCUT2D eigenvalue weighted by atomic mass is 16.6. The normalized spacial score (nSPS) is 21.2. The first-order chi connectivity index (χ1) is 21.5. The Morgan fingerprint density at radius 3 is 1.68 bits per heavy atom. The highest BCUT2D eigenvalue weighted by molar-refractivity contribution is 6.40. The highest BCUT2D eigenvalue weighted by Crippen LogP contribution is 2.44. The number of esters is 1. The molecule has 0 bridgehead atoms. The predicted molar refractivity (Wildman–Crippen MR) is 175 cm³/mol. The zero-order valence-corrected chi connectivity index (χ0v) is 25.1. The van der Waals surface area contributed by atoms with Crippen molar-refractivity contribution < 1.29 is 19.6 Å². The van der Waals surface area contributed by atoms with Crippen molar-refractivity contribution in [1.82, 2.24) is 10.2 Å². The lowest BCUT2D eigenvalue weighted by Gasteiger charge is -2.49. The summed E-state index contributed by atoms with van der Waals surface area (Å²) in [5.74, 6) is 0.0232. The van der Waals surface area contributed by atoms with Gasteiger partial charge < -0.3 is 14.8 Å². The van der Waals surface area contributed by atoms with E-state index in [1.165, 1.54) is 33.4 Å². The van der Waals surface area contributed by atoms with Crippen molar-refractivity contribution in [1.29, 1.82) is 0 Å². The Morgan fingerprint density at radius 1 is 0.727 bits per heavy atom. The van der Waals surface area contributed by atoms with Crippen LogP contribution in [0.4, 0.5) is 0 Å². The fourth-order valence-corrected chi connectivity index (χ4v) is 6.81. The number of carbonyl (C=O) groups is 1. The van der Waals surface area contributed by atoms with Gasteiger partial charge in [-0.25, -0.2) is 4.79 Å². The zero-order valence-electron chi connectivity index (χ0n) is 25.1. The maximum Gasteiger partial charge on any atom is 0.451 e. The molecule has 1 saturated carbocycles. The molecule has 226 valence electrons. The van der Waals surface area contributed by atoms with Crippen molar-refractivity contribution in [2.24, 2.45) is 5.92 Å². The van der Waals surface area contributed by atoms with Gasteiger partial charge >= 0.3 is 13.1 Å². The smallest absolute Gasteiger partial charge is 0.448 e. The molecule has 4 aromatic rings. The number of carbonyl (C=O) groups excluding carboxylic acids is 1. The number of nitrogens with one attached hydrogen (secondary N) is 1. The SMILES string of the molecule is O=C1OCNC1(CCCCB(O)O)C1CC(N(Cc2ccc(-c3ccccc3)cc2)Cc2ccc(-c3ccccc3)cc2)C1. The predicted octanol–water partition coefficient (Wildman–Crippen LogP) is 6.29. The number of benzene rings is 4. The summed E-state index contributed by atoms with van der Waals surface area (Å²) in [6, 6.07) is 39.0. The van der Waals surface area contributed by atoms with E-state index < -0.39 is 12.7 Å². The summed E-state index contributed by atoms with van der Waals surface area (Å²) in [6.45, 7) is 1.90. The molecule has 1 heterocycles. The van der Waals surface area contributed by atoms with Gasteiger partial charge in [-0.1, -0.05) is 122 Å². The van der Waals surface area contributed by atoms with Crippen LogP contribution in [-0.4, -0.2) is 46.3 Å². The van der Waals surface area contributed by atoms with Crippen molar-refractivity contribution in [3.8, 4) is 22.3 Å². The van der Waals surface area contributed by atoms with Crippen LogP contribution in [0.2, 0.25) is 6.32 Å². The van der Waals surface area contributed by atoms with Gasteiger partial charge in [0.1, 0.15) is 12.3 Å². The molecule has 1 aliphatic carbocycles. The third-order valence-corrected chi connectivity index (χ3v) is 9.46. The molecule has 0 radical (unpaired) electrons. The summed E-state index contributed by atoms with van der Waals surface area (Å²) in [6.07, 6.45) is 4.20. The monoisotopic (exact) mass is 588 g/mol. The van der Waals surface area contributed by atoms with Gasteiger partial charge in [0.2, 0.25) is 0 Å². The van der Waals surface area contributed by atoms with E-state index >= 15 is 0 Å². The molecule has 1 unspecified atom stereocenters. The molecule has 0 spiro atoms. The minimum absolute atomic E-state index is 0.162. The van der Waals surface area contributed by atoms with Crippen LogP contribution in [0, 0.1) is 5.92 Å². The van der Waals surface area contributed by atoms with Crippen molar-refractivity contribution in [2.75, 3.05) is 6.73 Å². The Bertz CT molecular complexity index is 1410. The second-order valence-electron chi connectivity index (χ2n) is 12.3. The Labute approximate surface area is 260 Å². The van der Waals surface area contributed by atoms with Crippen molar-refractivity contribution in [2.45, 2.75) is 63.1 Å². The van der Waals surface area contributed by atoms with E-state index in [2.05, 4.69) is 107 Å². The van der Waals surface area contributed by atoms with Crippen LogP contribution in [0.15, 0.2) is 109 Å². The van der Waals surface area contributed by atoms with E-state index in [0.29, 0.717) is 25.2 Å². The molecule has 2 aliphatic rings. The molecule has 6 nitrogen and oxygen atoms in total. The van der Waals surface area contributed by atoms with Crippen LogP contribution in [0.25, 0.3) is 22.3 Å². The van der Waals surface area contributed by atoms with Crippen molar-refractivity contribution >= 4 is 13.1 Å². The lowest BCUT2D eigenvalue weighted by atomic mass is 9.65. The molecule has 44 heavy (non-hydrogen) atoms. The number of nitrogens with zero attached hydrogens (tertiary/aromatic N) is 1. The summed E-state index contributed by atoms with van der Waals surface area (Å²) in [5.41, 5.74) is 6.70. The molecule has 4 aromatic carbocycles. The minimum atomic E-state index is -1.31. The van der Waals surface area contributed by atoms with Crippen LogP contribution in [0.5, 0.6) is 0 Å². The van der Waals surface area contributed by atoms with E-state index in [1.807, 2.05) is 12.1 Å². The van der Waals surface area contributed by atoms with Crippen LogP contribution in [-0.2, 0) is 22.6 Å². The van der Waals surface area contributed by atoms with Crippen molar-refractivity contribution in [3.05, 3.63) is 120 Å². The Kier molecular flexibility index (Phi) is 9.58. The average molecular weight is 589 g/mol. The molecule has 7 heteroatoms. The van der Waals surface area contributed by atoms with E-state index in [1.54, 1.807) is 0 Å². The largest absolute Gasteiger partial charge is 0.451 e. The molecule has 1 aliphatic heterocycles.